The molecule has 1 aliphatic heterocycles. The Morgan fingerprint density at radius 2 is 1.62 bits per heavy atom. The Balaban J connectivity index is 1.05. The maximum Gasteiger partial charge on any atom is 0.239 e. The van der Waals surface area contributed by atoms with Crippen LogP contribution >= 0.6 is 11.8 Å². The molecule has 0 spiro atoms. The summed E-state index contributed by atoms with van der Waals surface area (Å²) in [4.78, 5) is 12.4. The number of thioether (sulfide) groups is 1. The standard InChI is InChI=1S/C37H48N2O2S/c1-23(21-32-33(40)39-34(38)42-32)29-15-16-30-28-14-13-27-22-37(41,20-19-35(27,2)31(28)17-18-36(29,30)3)26-11-9-25(10-12-26)24-7-5-4-6-8-24/h4-12,23,27-32,41H,13-22H2,1-3H3,(H2,38,39,40)/t23-,27-,28+,29?,30+,31+,32?,35+,36-,37+/m1/s1. The maximum atomic E-state index is 12.4. The van der Waals surface area contributed by atoms with Gasteiger partial charge in [-0.1, -0.05) is 87.1 Å². The van der Waals surface area contributed by atoms with E-state index in [1.165, 1.54) is 61.4 Å². The van der Waals surface area contributed by atoms with Crippen LogP contribution in [0.1, 0.15) is 90.5 Å². The Bertz CT molecular complexity index is 1350. The largest absolute Gasteiger partial charge is 0.385 e. The summed E-state index contributed by atoms with van der Waals surface area (Å²) in [6.45, 7) is 7.57. The van der Waals surface area contributed by atoms with Gasteiger partial charge in [0.1, 0.15) is 0 Å². The number of hydrogen-bond donors (Lipinski definition) is 3. The zero-order valence-corrected chi connectivity index (χ0v) is 26.4. The minimum absolute atomic E-state index is 0.0379. The summed E-state index contributed by atoms with van der Waals surface area (Å²) < 4.78 is 0. The van der Waals surface area contributed by atoms with E-state index >= 15 is 0 Å². The Labute approximate surface area is 256 Å². The first kappa shape index (κ1) is 28.6. The van der Waals surface area contributed by atoms with Gasteiger partial charge in [0, 0.05) is 0 Å². The molecule has 224 valence electrons. The van der Waals surface area contributed by atoms with Gasteiger partial charge in [0.2, 0.25) is 5.91 Å². The molecule has 10 atom stereocenters. The fraction of sp³-hybridized carbons (Fsp3) is 0.622. The molecule has 4 nitrogen and oxygen atoms in total. The smallest absolute Gasteiger partial charge is 0.239 e. The van der Waals surface area contributed by atoms with Crippen molar-refractivity contribution in [3.63, 3.8) is 0 Å². The minimum Gasteiger partial charge on any atom is -0.385 e. The molecule has 2 unspecified atom stereocenters. The zero-order valence-electron chi connectivity index (χ0n) is 25.6. The number of carbonyl (C=O) groups excluding carboxylic acids is 1. The van der Waals surface area contributed by atoms with Crippen molar-refractivity contribution in [1.82, 2.24) is 5.32 Å². The number of nitrogens with one attached hydrogen (secondary N) is 2. The topological polar surface area (TPSA) is 73.2 Å². The zero-order chi connectivity index (χ0) is 29.3. The second kappa shape index (κ2) is 10.5. The first-order chi connectivity index (χ1) is 20.1. The molecule has 5 aliphatic rings. The number of benzene rings is 2. The molecular formula is C37H48N2O2S. The average Bonchev–Trinajstić information content (AvgIpc) is 3.51. The van der Waals surface area contributed by atoms with Crippen LogP contribution in [-0.4, -0.2) is 21.4 Å². The number of rotatable bonds is 5. The number of amidine groups is 1. The van der Waals surface area contributed by atoms with Gasteiger partial charge in [-0.25, -0.2) is 0 Å². The van der Waals surface area contributed by atoms with Crippen molar-refractivity contribution in [2.75, 3.05) is 0 Å². The highest BCUT2D eigenvalue weighted by atomic mass is 32.2. The number of carbonyl (C=O) groups is 1. The maximum absolute atomic E-state index is 12.4. The summed E-state index contributed by atoms with van der Waals surface area (Å²) in [7, 11) is 0. The quantitative estimate of drug-likeness (QED) is 0.330. The van der Waals surface area contributed by atoms with Crippen LogP contribution in [0.25, 0.3) is 11.1 Å². The Morgan fingerprint density at radius 3 is 2.33 bits per heavy atom. The second-order valence-corrected chi connectivity index (χ2v) is 16.4. The molecule has 2 aromatic rings. The van der Waals surface area contributed by atoms with E-state index in [9.17, 15) is 9.90 Å². The summed E-state index contributed by atoms with van der Waals surface area (Å²) in [5, 5.41) is 22.9. The molecule has 4 saturated carbocycles. The van der Waals surface area contributed by atoms with Crippen LogP contribution in [-0.2, 0) is 10.4 Å². The molecule has 1 amide bonds. The second-order valence-electron chi connectivity index (χ2n) is 15.2. The first-order valence-corrected chi connectivity index (χ1v) is 17.4. The lowest BCUT2D eigenvalue weighted by Crippen LogP contribution is -2.55. The summed E-state index contributed by atoms with van der Waals surface area (Å²) in [6.07, 6.45) is 11.6. The summed E-state index contributed by atoms with van der Waals surface area (Å²) in [5.74, 6) is 4.16. The van der Waals surface area contributed by atoms with Crippen molar-refractivity contribution < 1.29 is 9.90 Å². The molecule has 7 rings (SSSR count). The monoisotopic (exact) mass is 584 g/mol. The van der Waals surface area contributed by atoms with Crippen molar-refractivity contribution in [3.8, 4) is 11.1 Å². The van der Waals surface area contributed by atoms with Gasteiger partial charge in [-0.3, -0.25) is 10.2 Å². The third-order valence-corrected chi connectivity index (χ3v) is 14.4. The number of amides is 1. The number of aliphatic hydroxyl groups is 1. The molecule has 0 bridgehead atoms. The van der Waals surface area contributed by atoms with Gasteiger partial charge in [0.05, 0.1) is 10.9 Å². The lowest BCUT2D eigenvalue weighted by atomic mass is 9.43. The van der Waals surface area contributed by atoms with Gasteiger partial charge in [-0.15, -0.1) is 0 Å². The SMILES string of the molecule is C[C@H](CC1SC(=N)NC1=O)C1CC[C@H]2[C@@H]3CC[C@@H]4C[C@](O)(c5ccc(-c6ccccc6)cc5)CC[C@]4(C)[C@H]3CC[C@]12C. The van der Waals surface area contributed by atoms with Crippen LogP contribution in [0, 0.1) is 51.7 Å². The molecule has 4 aliphatic carbocycles. The van der Waals surface area contributed by atoms with Crippen molar-refractivity contribution in [3.05, 3.63) is 60.2 Å². The Hall–Kier alpha value is -2.11. The molecular weight excluding hydrogens is 536 g/mol. The van der Waals surface area contributed by atoms with E-state index in [1.54, 1.807) is 0 Å². The van der Waals surface area contributed by atoms with E-state index in [0.717, 1.165) is 49.0 Å². The van der Waals surface area contributed by atoms with Crippen molar-refractivity contribution in [1.29, 1.82) is 5.41 Å². The summed E-state index contributed by atoms with van der Waals surface area (Å²) in [5.41, 5.74) is 3.50. The van der Waals surface area contributed by atoms with E-state index in [0.29, 0.717) is 33.8 Å². The molecule has 42 heavy (non-hydrogen) atoms. The van der Waals surface area contributed by atoms with E-state index in [2.05, 4.69) is 80.7 Å². The van der Waals surface area contributed by atoms with Gasteiger partial charge >= 0.3 is 0 Å². The molecule has 2 aromatic carbocycles. The van der Waals surface area contributed by atoms with Crippen molar-refractivity contribution in [2.24, 2.45) is 46.3 Å². The normalized spacial score (nSPS) is 41.9. The predicted molar refractivity (Wildman–Crippen MR) is 172 cm³/mol. The molecule has 1 saturated heterocycles. The molecule has 0 aromatic heterocycles. The van der Waals surface area contributed by atoms with Crippen molar-refractivity contribution in [2.45, 2.75) is 95.8 Å². The fourth-order valence-corrected chi connectivity index (χ4v) is 12.2. The van der Waals surface area contributed by atoms with Gasteiger partial charge in [0.15, 0.2) is 5.17 Å². The molecule has 5 fully saturated rings. The van der Waals surface area contributed by atoms with Crippen LogP contribution in [0.2, 0.25) is 0 Å². The lowest BCUT2D eigenvalue weighted by molar-refractivity contribution is -0.154. The van der Waals surface area contributed by atoms with Crippen LogP contribution < -0.4 is 5.32 Å². The van der Waals surface area contributed by atoms with Gasteiger partial charge < -0.3 is 10.4 Å². The third kappa shape index (κ3) is 4.60. The highest BCUT2D eigenvalue weighted by molar-refractivity contribution is 8.15. The Kier molecular flexibility index (Phi) is 7.17. The molecule has 3 N–H and O–H groups in total. The molecule has 5 heteroatoms. The first-order valence-electron chi connectivity index (χ1n) is 16.6. The lowest BCUT2D eigenvalue weighted by Gasteiger charge is -2.62. The van der Waals surface area contributed by atoms with Crippen molar-refractivity contribution >= 4 is 22.8 Å². The average molecular weight is 585 g/mol. The molecule has 0 radical (unpaired) electrons. The Morgan fingerprint density at radius 1 is 0.905 bits per heavy atom. The predicted octanol–water partition coefficient (Wildman–Crippen LogP) is 8.39. The minimum atomic E-state index is -0.718. The van der Waals surface area contributed by atoms with E-state index in [1.807, 2.05) is 0 Å². The number of hydrogen-bond acceptors (Lipinski definition) is 4. The summed E-state index contributed by atoms with van der Waals surface area (Å²) >= 11 is 1.42. The van der Waals surface area contributed by atoms with Gasteiger partial charge in [-0.2, -0.15) is 0 Å². The highest BCUT2D eigenvalue weighted by Crippen LogP contribution is 2.69. The highest BCUT2D eigenvalue weighted by Gasteiger charge is 2.62. The van der Waals surface area contributed by atoms with Gasteiger partial charge in [-0.05, 0) is 127 Å². The fourth-order valence-electron chi connectivity index (χ4n) is 11.2. The number of fused-ring (bicyclic) bond motifs is 5. The molecule has 1 heterocycles. The van der Waals surface area contributed by atoms with E-state index in [4.69, 9.17) is 5.41 Å². The van der Waals surface area contributed by atoms with Crippen LogP contribution in [0.3, 0.4) is 0 Å². The third-order valence-electron chi connectivity index (χ3n) is 13.4. The van der Waals surface area contributed by atoms with Crippen LogP contribution in [0.15, 0.2) is 54.6 Å². The van der Waals surface area contributed by atoms with Gasteiger partial charge in [0.25, 0.3) is 0 Å². The van der Waals surface area contributed by atoms with Crippen LogP contribution in [0.5, 0.6) is 0 Å². The van der Waals surface area contributed by atoms with Crippen LogP contribution in [0.4, 0.5) is 0 Å². The van der Waals surface area contributed by atoms with E-state index < -0.39 is 5.60 Å². The van der Waals surface area contributed by atoms with E-state index in [-0.39, 0.29) is 11.2 Å². The summed E-state index contributed by atoms with van der Waals surface area (Å²) in [6, 6.07) is 19.3.